The zero-order valence-electron chi connectivity index (χ0n) is 18.7. The van der Waals surface area contributed by atoms with E-state index in [2.05, 4.69) is 5.32 Å². The Bertz CT molecular complexity index is 986. The minimum Gasteiger partial charge on any atom is -0.490 e. The lowest BCUT2D eigenvalue weighted by Crippen LogP contribution is -2.42. The number of nitrogens with one attached hydrogen (secondary N) is 1. The summed E-state index contributed by atoms with van der Waals surface area (Å²) in [5.41, 5.74) is 0.803. The molecule has 3 rings (SSSR count). The normalized spacial score (nSPS) is 16.2. The summed E-state index contributed by atoms with van der Waals surface area (Å²) in [5.74, 6) is -0.238. The van der Waals surface area contributed by atoms with Crippen LogP contribution < -0.4 is 10.1 Å². The SMILES string of the molecule is CC[C@@H](C)Oc1ccc(NC(=O)C2(c3ccc(Cl)cc3Cl)CCCCC2)cc1C(=O)OC. The Hall–Kier alpha value is -2.24. The van der Waals surface area contributed by atoms with Gasteiger partial charge < -0.3 is 14.8 Å². The van der Waals surface area contributed by atoms with Crippen LogP contribution in [0.25, 0.3) is 0 Å². The molecule has 1 N–H and O–H groups in total. The lowest BCUT2D eigenvalue weighted by molar-refractivity contribution is -0.122. The molecule has 7 heteroatoms. The molecule has 0 aliphatic heterocycles. The van der Waals surface area contributed by atoms with E-state index in [1.165, 1.54) is 7.11 Å². The largest absolute Gasteiger partial charge is 0.490 e. The standard InChI is InChI=1S/C25H29Cl2NO4/c1-4-16(2)32-22-11-9-18(15-19(22)23(29)31-3)28-24(30)25(12-6-5-7-13-25)20-10-8-17(26)14-21(20)27/h8-11,14-16H,4-7,12-13H2,1-3H3,(H,28,30)/t16-/m1/s1. The van der Waals surface area contributed by atoms with E-state index < -0.39 is 11.4 Å². The number of hydrogen-bond acceptors (Lipinski definition) is 4. The zero-order chi connectivity index (χ0) is 23.3. The molecule has 2 aromatic carbocycles. The van der Waals surface area contributed by atoms with Crippen LogP contribution in [0.2, 0.25) is 10.0 Å². The molecule has 172 valence electrons. The highest BCUT2D eigenvalue weighted by molar-refractivity contribution is 6.35. The van der Waals surface area contributed by atoms with Crippen LogP contribution in [0.15, 0.2) is 36.4 Å². The average Bonchev–Trinajstić information content (AvgIpc) is 2.79. The van der Waals surface area contributed by atoms with Gasteiger partial charge in [-0.25, -0.2) is 4.79 Å². The maximum absolute atomic E-state index is 13.6. The Morgan fingerprint density at radius 3 is 2.44 bits per heavy atom. The van der Waals surface area contributed by atoms with Gasteiger partial charge in [-0.3, -0.25) is 4.79 Å². The monoisotopic (exact) mass is 477 g/mol. The van der Waals surface area contributed by atoms with E-state index in [9.17, 15) is 9.59 Å². The average molecular weight is 478 g/mol. The second-order valence-electron chi connectivity index (χ2n) is 8.26. The summed E-state index contributed by atoms with van der Waals surface area (Å²) in [6.07, 6.45) is 5.07. The Morgan fingerprint density at radius 2 is 1.81 bits per heavy atom. The fraction of sp³-hybridized carbons (Fsp3) is 0.440. The number of carbonyl (C=O) groups excluding carboxylic acids is 2. The van der Waals surface area contributed by atoms with Crippen LogP contribution in [0, 0.1) is 0 Å². The molecule has 0 unspecified atom stereocenters. The highest BCUT2D eigenvalue weighted by atomic mass is 35.5. The van der Waals surface area contributed by atoms with Crippen molar-refractivity contribution in [3.8, 4) is 5.75 Å². The second kappa shape index (κ2) is 10.6. The maximum Gasteiger partial charge on any atom is 0.341 e. The van der Waals surface area contributed by atoms with Crippen LogP contribution in [0.4, 0.5) is 5.69 Å². The third kappa shape index (κ3) is 5.21. The molecule has 0 saturated heterocycles. The highest BCUT2D eigenvalue weighted by Crippen LogP contribution is 2.44. The number of benzene rings is 2. The summed E-state index contributed by atoms with van der Waals surface area (Å²) in [4.78, 5) is 26.0. The molecule has 1 aliphatic rings. The van der Waals surface area contributed by atoms with Crippen LogP contribution in [-0.2, 0) is 14.9 Å². The molecule has 1 fully saturated rings. The van der Waals surface area contributed by atoms with Crippen molar-refractivity contribution in [3.05, 3.63) is 57.6 Å². The van der Waals surface area contributed by atoms with E-state index in [4.69, 9.17) is 32.7 Å². The second-order valence-corrected chi connectivity index (χ2v) is 9.10. The van der Waals surface area contributed by atoms with Gasteiger partial charge in [0.05, 0.1) is 18.6 Å². The molecule has 1 saturated carbocycles. The third-order valence-corrected chi connectivity index (χ3v) is 6.68. The fourth-order valence-electron chi connectivity index (χ4n) is 4.18. The maximum atomic E-state index is 13.6. The highest BCUT2D eigenvalue weighted by Gasteiger charge is 2.42. The van der Waals surface area contributed by atoms with Gasteiger partial charge in [0.25, 0.3) is 0 Å². The molecule has 0 heterocycles. The Kier molecular flexibility index (Phi) is 8.07. The van der Waals surface area contributed by atoms with Gasteiger partial charge in [-0.15, -0.1) is 0 Å². The lowest BCUT2D eigenvalue weighted by atomic mass is 9.68. The van der Waals surface area contributed by atoms with Crippen LogP contribution in [-0.4, -0.2) is 25.1 Å². The predicted octanol–water partition coefficient (Wildman–Crippen LogP) is 6.80. The fourth-order valence-corrected chi connectivity index (χ4v) is 4.77. The van der Waals surface area contributed by atoms with Gasteiger partial charge in [-0.05, 0) is 62.1 Å². The van der Waals surface area contributed by atoms with E-state index in [1.807, 2.05) is 19.9 Å². The van der Waals surface area contributed by atoms with Gasteiger partial charge in [0.2, 0.25) is 5.91 Å². The molecular weight excluding hydrogens is 449 g/mol. The van der Waals surface area contributed by atoms with Gasteiger partial charge in [-0.2, -0.15) is 0 Å². The van der Waals surface area contributed by atoms with E-state index in [0.717, 1.165) is 31.2 Å². The van der Waals surface area contributed by atoms with Crippen molar-refractivity contribution in [2.24, 2.45) is 0 Å². The first-order valence-corrected chi connectivity index (χ1v) is 11.7. The molecule has 2 aromatic rings. The minimum absolute atomic E-state index is 0.0589. The molecule has 0 radical (unpaired) electrons. The number of ether oxygens (including phenoxy) is 2. The number of hydrogen-bond donors (Lipinski definition) is 1. The smallest absolute Gasteiger partial charge is 0.341 e. The van der Waals surface area contributed by atoms with E-state index >= 15 is 0 Å². The molecule has 0 spiro atoms. The van der Waals surface area contributed by atoms with Crippen molar-refractivity contribution >= 4 is 40.8 Å². The molecule has 1 atom stereocenters. The van der Waals surface area contributed by atoms with Crippen molar-refractivity contribution in [1.29, 1.82) is 0 Å². The number of amides is 1. The van der Waals surface area contributed by atoms with Crippen LogP contribution in [0.5, 0.6) is 5.75 Å². The molecule has 5 nitrogen and oxygen atoms in total. The quantitative estimate of drug-likeness (QED) is 0.445. The first-order chi connectivity index (χ1) is 15.3. The predicted molar refractivity (Wildman–Crippen MR) is 128 cm³/mol. The van der Waals surface area contributed by atoms with Gasteiger partial charge in [0, 0.05) is 15.7 Å². The number of carbonyl (C=O) groups is 2. The van der Waals surface area contributed by atoms with Gasteiger partial charge >= 0.3 is 5.97 Å². The molecule has 32 heavy (non-hydrogen) atoms. The van der Waals surface area contributed by atoms with E-state index in [-0.39, 0.29) is 17.6 Å². The summed E-state index contributed by atoms with van der Waals surface area (Å²) in [7, 11) is 1.32. The van der Waals surface area contributed by atoms with Crippen molar-refractivity contribution in [1.82, 2.24) is 0 Å². The first kappa shape index (κ1) is 24.4. The Labute approximate surface area is 199 Å². The van der Waals surface area contributed by atoms with Crippen molar-refractivity contribution in [3.63, 3.8) is 0 Å². The summed E-state index contributed by atoms with van der Waals surface area (Å²) in [6, 6.07) is 10.3. The van der Waals surface area contributed by atoms with E-state index in [1.54, 1.807) is 30.3 Å². The summed E-state index contributed by atoms with van der Waals surface area (Å²) in [6.45, 7) is 3.93. The first-order valence-electron chi connectivity index (χ1n) is 11.0. The zero-order valence-corrected chi connectivity index (χ0v) is 20.2. The molecule has 0 bridgehead atoms. The summed E-state index contributed by atoms with van der Waals surface area (Å²) >= 11 is 12.6. The van der Waals surface area contributed by atoms with Crippen molar-refractivity contribution in [2.45, 2.75) is 63.9 Å². The number of esters is 1. The molecular formula is C25H29Cl2NO4. The summed E-state index contributed by atoms with van der Waals surface area (Å²) < 4.78 is 10.8. The molecule has 1 amide bonds. The van der Waals surface area contributed by atoms with E-state index in [0.29, 0.717) is 34.3 Å². The number of halogens is 2. The number of anilines is 1. The number of rotatable bonds is 7. The molecule has 0 aromatic heterocycles. The molecule has 1 aliphatic carbocycles. The number of methoxy groups -OCH3 is 1. The Morgan fingerprint density at radius 1 is 1.09 bits per heavy atom. The van der Waals surface area contributed by atoms with Gasteiger partial charge in [0.1, 0.15) is 11.3 Å². The van der Waals surface area contributed by atoms with Crippen LogP contribution in [0.1, 0.15) is 68.3 Å². The van der Waals surface area contributed by atoms with Crippen molar-refractivity contribution < 1.29 is 19.1 Å². The van der Waals surface area contributed by atoms with Crippen molar-refractivity contribution in [2.75, 3.05) is 12.4 Å². The minimum atomic E-state index is -0.753. The topological polar surface area (TPSA) is 64.6 Å². The van der Waals surface area contributed by atoms with Crippen LogP contribution in [0.3, 0.4) is 0 Å². The third-order valence-electron chi connectivity index (χ3n) is 6.13. The van der Waals surface area contributed by atoms with Crippen LogP contribution >= 0.6 is 23.2 Å². The summed E-state index contributed by atoms with van der Waals surface area (Å²) in [5, 5.41) is 4.03. The van der Waals surface area contributed by atoms with Gasteiger partial charge in [-0.1, -0.05) is 55.5 Å². The lowest BCUT2D eigenvalue weighted by Gasteiger charge is -2.37. The van der Waals surface area contributed by atoms with Gasteiger partial charge in [0.15, 0.2) is 0 Å². The Balaban J connectivity index is 1.95.